The van der Waals surface area contributed by atoms with E-state index in [0.29, 0.717) is 0 Å². The van der Waals surface area contributed by atoms with Gasteiger partial charge in [0.15, 0.2) is 6.10 Å². The Kier molecular flexibility index (Phi) is 7.11. The van der Waals surface area contributed by atoms with Gasteiger partial charge in [-0.2, -0.15) is 4.72 Å². The number of amides is 1. The van der Waals surface area contributed by atoms with Gasteiger partial charge in [0.2, 0.25) is 10.0 Å². The van der Waals surface area contributed by atoms with Gasteiger partial charge in [0.05, 0.1) is 15.6 Å². The first-order valence-electron chi connectivity index (χ1n) is 8.10. The highest BCUT2D eigenvalue weighted by molar-refractivity contribution is 7.89. The Morgan fingerprint density at radius 2 is 1.82 bits per heavy atom. The number of esters is 1. The number of aryl methyl sites for hydroxylation is 1. The van der Waals surface area contributed by atoms with Gasteiger partial charge < -0.3 is 10.1 Å². The number of hydrogen-bond donors (Lipinski definition) is 2. The highest BCUT2D eigenvalue weighted by Crippen LogP contribution is 2.22. The molecule has 2 N–H and O–H groups in total. The Morgan fingerprint density at radius 1 is 1.18 bits per heavy atom. The third-order valence-corrected chi connectivity index (χ3v) is 5.33. The van der Waals surface area contributed by atoms with Crippen molar-refractivity contribution >= 4 is 39.2 Å². The van der Waals surface area contributed by atoms with Gasteiger partial charge in [-0.15, -0.1) is 0 Å². The number of halogens is 2. The third-order valence-electron chi connectivity index (χ3n) is 3.60. The quantitative estimate of drug-likeness (QED) is 0.660. The van der Waals surface area contributed by atoms with Crippen molar-refractivity contribution in [1.82, 2.24) is 4.72 Å². The molecule has 0 aliphatic rings. The van der Waals surface area contributed by atoms with Crippen molar-refractivity contribution < 1.29 is 27.1 Å². The van der Waals surface area contributed by atoms with Gasteiger partial charge >= 0.3 is 5.97 Å². The van der Waals surface area contributed by atoms with Crippen LogP contribution in [0.25, 0.3) is 0 Å². The molecule has 0 aliphatic carbocycles. The molecule has 7 nitrogen and oxygen atoms in total. The summed E-state index contributed by atoms with van der Waals surface area (Å²) in [5, 5.41) is 2.38. The van der Waals surface area contributed by atoms with E-state index >= 15 is 0 Å². The van der Waals surface area contributed by atoms with Gasteiger partial charge in [-0.25, -0.2) is 12.8 Å². The number of rotatable bonds is 7. The molecule has 0 spiro atoms. The van der Waals surface area contributed by atoms with E-state index in [-0.39, 0.29) is 15.6 Å². The maximum Gasteiger partial charge on any atom is 0.321 e. The SMILES string of the molecule is Cc1ccc(S(=O)(=O)NCC(=O)O[C@H](C)C(=O)Nc2ccc(F)cc2Cl)cc1. The van der Waals surface area contributed by atoms with Gasteiger partial charge in [0.1, 0.15) is 12.4 Å². The van der Waals surface area contributed by atoms with Crippen LogP contribution < -0.4 is 10.0 Å². The Balaban J connectivity index is 1.89. The highest BCUT2D eigenvalue weighted by atomic mass is 35.5. The minimum atomic E-state index is -3.89. The molecule has 2 rings (SSSR count). The van der Waals surface area contributed by atoms with Crippen LogP contribution >= 0.6 is 11.6 Å². The van der Waals surface area contributed by atoms with Gasteiger partial charge in [0.25, 0.3) is 5.91 Å². The average molecular weight is 429 g/mol. The number of ether oxygens (including phenoxy) is 1. The number of nitrogens with one attached hydrogen (secondary N) is 2. The topological polar surface area (TPSA) is 102 Å². The van der Waals surface area contributed by atoms with Crippen molar-refractivity contribution in [2.75, 3.05) is 11.9 Å². The zero-order chi connectivity index (χ0) is 20.9. The normalized spacial score (nSPS) is 12.3. The van der Waals surface area contributed by atoms with E-state index < -0.39 is 40.4 Å². The zero-order valence-electron chi connectivity index (χ0n) is 15.0. The van der Waals surface area contributed by atoms with Gasteiger partial charge in [0, 0.05) is 0 Å². The summed E-state index contributed by atoms with van der Waals surface area (Å²) in [6.45, 7) is 2.47. The molecule has 1 amide bonds. The van der Waals surface area contributed by atoms with E-state index in [0.717, 1.165) is 17.7 Å². The van der Waals surface area contributed by atoms with Gasteiger partial charge in [-0.1, -0.05) is 29.3 Å². The van der Waals surface area contributed by atoms with E-state index in [1.54, 1.807) is 12.1 Å². The fourth-order valence-corrected chi connectivity index (χ4v) is 3.26. The standard InChI is InChI=1S/C18H18ClFN2O5S/c1-11-3-6-14(7-4-11)28(25,26)21-10-17(23)27-12(2)18(24)22-16-8-5-13(20)9-15(16)19/h3-9,12,21H,10H2,1-2H3,(H,22,24)/t12-/m1/s1. The predicted octanol–water partition coefficient (Wildman–Crippen LogP) is 2.64. The highest BCUT2D eigenvalue weighted by Gasteiger charge is 2.21. The first kappa shape index (κ1) is 21.8. The average Bonchev–Trinajstić information content (AvgIpc) is 2.62. The molecule has 1 atom stereocenters. The minimum Gasteiger partial charge on any atom is -0.452 e. The number of benzene rings is 2. The Labute approximate surface area is 166 Å². The lowest BCUT2D eigenvalue weighted by Crippen LogP contribution is -2.35. The van der Waals surface area contributed by atoms with Crippen LogP contribution in [0.3, 0.4) is 0 Å². The van der Waals surface area contributed by atoms with E-state index in [1.807, 2.05) is 6.92 Å². The molecule has 0 heterocycles. The summed E-state index contributed by atoms with van der Waals surface area (Å²) in [5.74, 6) is -2.21. The number of sulfonamides is 1. The Bertz CT molecular complexity index is 980. The van der Waals surface area contributed by atoms with E-state index in [4.69, 9.17) is 16.3 Å². The summed E-state index contributed by atoms with van der Waals surface area (Å²) in [7, 11) is -3.89. The monoisotopic (exact) mass is 428 g/mol. The van der Waals surface area contributed by atoms with Crippen molar-refractivity contribution in [2.24, 2.45) is 0 Å². The first-order valence-corrected chi connectivity index (χ1v) is 9.96. The molecule has 2 aromatic carbocycles. The van der Waals surface area contributed by atoms with E-state index in [1.165, 1.54) is 25.1 Å². The molecule has 0 radical (unpaired) electrons. The molecule has 0 bridgehead atoms. The van der Waals surface area contributed by atoms with Crippen molar-refractivity contribution in [3.05, 3.63) is 58.9 Å². The van der Waals surface area contributed by atoms with Crippen LogP contribution in [-0.2, 0) is 24.3 Å². The second kappa shape index (κ2) is 9.13. The lowest BCUT2D eigenvalue weighted by molar-refractivity contribution is -0.151. The molecular weight excluding hydrogens is 411 g/mol. The van der Waals surface area contributed by atoms with Gasteiger partial charge in [-0.3, -0.25) is 9.59 Å². The smallest absolute Gasteiger partial charge is 0.321 e. The summed E-state index contributed by atoms with van der Waals surface area (Å²) in [6.07, 6.45) is -1.22. The predicted molar refractivity (Wildman–Crippen MR) is 102 cm³/mol. The van der Waals surface area contributed by atoms with Crippen molar-refractivity contribution in [3.8, 4) is 0 Å². The Morgan fingerprint density at radius 3 is 2.43 bits per heavy atom. The minimum absolute atomic E-state index is 0.00245. The van der Waals surface area contributed by atoms with Crippen LogP contribution in [0.5, 0.6) is 0 Å². The van der Waals surface area contributed by atoms with E-state index in [2.05, 4.69) is 10.0 Å². The lowest BCUT2D eigenvalue weighted by atomic mass is 10.2. The summed E-state index contributed by atoms with van der Waals surface area (Å²) < 4.78 is 44.3. The molecule has 0 aromatic heterocycles. The van der Waals surface area contributed by atoms with E-state index in [9.17, 15) is 22.4 Å². The summed E-state index contributed by atoms with van der Waals surface area (Å²) in [5.41, 5.74) is 1.04. The zero-order valence-corrected chi connectivity index (χ0v) is 16.6. The van der Waals surface area contributed by atoms with Crippen LogP contribution in [0.1, 0.15) is 12.5 Å². The Hall–Kier alpha value is -2.49. The second-order valence-corrected chi connectivity index (χ2v) is 8.06. The number of anilines is 1. The van der Waals surface area contributed by atoms with Crippen LogP contribution in [0.2, 0.25) is 5.02 Å². The van der Waals surface area contributed by atoms with Crippen LogP contribution in [0.4, 0.5) is 10.1 Å². The van der Waals surface area contributed by atoms with Crippen molar-refractivity contribution in [1.29, 1.82) is 0 Å². The molecule has 0 fully saturated rings. The lowest BCUT2D eigenvalue weighted by Gasteiger charge is -2.14. The first-order chi connectivity index (χ1) is 13.1. The molecule has 0 saturated heterocycles. The molecular formula is C18H18ClFN2O5S. The molecule has 0 aliphatic heterocycles. The summed E-state index contributed by atoms with van der Waals surface area (Å²) in [6, 6.07) is 9.46. The molecule has 2 aromatic rings. The summed E-state index contributed by atoms with van der Waals surface area (Å²) >= 11 is 5.81. The number of carbonyl (C=O) groups excluding carboxylic acids is 2. The van der Waals surface area contributed by atoms with Crippen molar-refractivity contribution in [3.63, 3.8) is 0 Å². The molecule has 0 unspecified atom stereocenters. The van der Waals surface area contributed by atoms with Gasteiger partial charge in [-0.05, 0) is 44.2 Å². The number of hydrogen-bond acceptors (Lipinski definition) is 5. The van der Waals surface area contributed by atoms with Crippen LogP contribution in [0, 0.1) is 12.7 Å². The fraction of sp³-hybridized carbons (Fsp3) is 0.222. The molecule has 28 heavy (non-hydrogen) atoms. The largest absolute Gasteiger partial charge is 0.452 e. The number of carbonyl (C=O) groups is 2. The molecule has 10 heteroatoms. The maximum atomic E-state index is 13.0. The molecule has 150 valence electrons. The maximum absolute atomic E-state index is 13.0. The van der Waals surface area contributed by atoms with Crippen LogP contribution in [0.15, 0.2) is 47.4 Å². The van der Waals surface area contributed by atoms with Crippen LogP contribution in [-0.4, -0.2) is 32.9 Å². The third kappa shape index (κ3) is 6.01. The van der Waals surface area contributed by atoms with Crippen molar-refractivity contribution in [2.45, 2.75) is 24.8 Å². The fourth-order valence-electron chi connectivity index (χ4n) is 2.07. The summed E-state index contributed by atoms with van der Waals surface area (Å²) in [4.78, 5) is 23.9. The molecule has 0 saturated carbocycles. The second-order valence-electron chi connectivity index (χ2n) is 5.88.